The quantitative estimate of drug-likeness (QED) is 0.385. The molecule has 5 nitrogen and oxygen atoms in total. The minimum Gasteiger partial charge on any atom is -0.444 e. The van der Waals surface area contributed by atoms with Crippen molar-refractivity contribution in [2.24, 2.45) is 0 Å². The van der Waals surface area contributed by atoms with E-state index in [2.05, 4.69) is 9.97 Å². The van der Waals surface area contributed by atoms with Gasteiger partial charge in [0.2, 0.25) is 5.89 Å². The molecule has 1 aromatic carbocycles. The van der Waals surface area contributed by atoms with E-state index in [4.69, 9.17) is 4.42 Å². The van der Waals surface area contributed by atoms with E-state index in [0.29, 0.717) is 28.7 Å². The molecule has 0 saturated heterocycles. The van der Waals surface area contributed by atoms with Gasteiger partial charge >= 0.3 is 0 Å². The van der Waals surface area contributed by atoms with Gasteiger partial charge in [0.1, 0.15) is 6.26 Å². The predicted octanol–water partition coefficient (Wildman–Crippen LogP) is 4.43. The predicted molar refractivity (Wildman–Crippen MR) is 101 cm³/mol. The molecule has 0 atom stereocenters. The van der Waals surface area contributed by atoms with Gasteiger partial charge in [0, 0.05) is 12.3 Å². The summed E-state index contributed by atoms with van der Waals surface area (Å²) in [6.45, 7) is 2.53. The van der Waals surface area contributed by atoms with Crippen LogP contribution in [0.4, 0.5) is 0 Å². The van der Waals surface area contributed by atoms with Crippen LogP contribution in [0.3, 0.4) is 0 Å². The summed E-state index contributed by atoms with van der Waals surface area (Å²) in [5.41, 5.74) is 1.55. The fourth-order valence-electron chi connectivity index (χ4n) is 2.56. The highest BCUT2D eigenvalue weighted by atomic mass is 32.2. The van der Waals surface area contributed by atoms with Crippen molar-refractivity contribution < 1.29 is 4.42 Å². The zero-order valence-corrected chi connectivity index (χ0v) is 15.1. The van der Waals surface area contributed by atoms with Crippen LogP contribution >= 0.6 is 23.1 Å². The first-order valence-electron chi connectivity index (χ1n) is 7.87. The van der Waals surface area contributed by atoms with Gasteiger partial charge in [-0.25, -0.2) is 9.97 Å². The van der Waals surface area contributed by atoms with Crippen LogP contribution in [0.15, 0.2) is 62.4 Å². The number of thiophene rings is 1. The second-order valence-electron chi connectivity index (χ2n) is 5.37. The van der Waals surface area contributed by atoms with Gasteiger partial charge in [0.15, 0.2) is 5.16 Å². The number of aromatic nitrogens is 3. The molecular weight excluding hydrogens is 354 g/mol. The normalized spacial score (nSPS) is 11.2. The lowest BCUT2D eigenvalue weighted by atomic mass is 10.2. The zero-order valence-electron chi connectivity index (χ0n) is 13.5. The van der Waals surface area contributed by atoms with Gasteiger partial charge < -0.3 is 4.42 Å². The number of fused-ring (bicyclic) bond motifs is 1. The molecule has 0 fully saturated rings. The molecular formula is C18H15N3O2S2. The standard InChI is InChI=1S/C18H15N3O2S2/c1-2-21-17(22)13-6-3-4-7-14(13)20-18(21)25-11-12-10-23-16(19-12)15-8-5-9-24-15/h3-10H,2,11H2,1H3. The highest BCUT2D eigenvalue weighted by Gasteiger charge is 2.12. The van der Waals surface area contributed by atoms with E-state index in [1.54, 1.807) is 22.2 Å². The topological polar surface area (TPSA) is 60.9 Å². The minimum absolute atomic E-state index is 0.00460. The van der Waals surface area contributed by atoms with Crippen molar-refractivity contribution in [1.29, 1.82) is 0 Å². The number of hydrogen-bond acceptors (Lipinski definition) is 6. The summed E-state index contributed by atoms with van der Waals surface area (Å²) in [6.07, 6.45) is 1.66. The molecule has 0 unspecified atom stereocenters. The lowest BCUT2D eigenvalue weighted by Crippen LogP contribution is -2.22. The van der Waals surface area contributed by atoms with Crippen molar-refractivity contribution >= 4 is 34.0 Å². The van der Waals surface area contributed by atoms with Crippen molar-refractivity contribution in [3.63, 3.8) is 0 Å². The van der Waals surface area contributed by atoms with E-state index in [1.165, 1.54) is 11.8 Å². The molecule has 0 aliphatic rings. The van der Waals surface area contributed by atoms with Crippen molar-refractivity contribution in [1.82, 2.24) is 14.5 Å². The minimum atomic E-state index is -0.00460. The maximum atomic E-state index is 12.6. The molecule has 0 bridgehead atoms. The fraction of sp³-hybridized carbons (Fsp3) is 0.167. The van der Waals surface area contributed by atoms with Crippen molar-refractivity contribution in [3.8, 4) is 10.8 Å². The molecule has 0 aliphatic heterocycles. The maximum Gasteiger partial charge on any atom is 0.262 e. The van der Waals surface area contributed by atoms with Gasteiger partial charge in [0.05, 0.1) is 21.5 Å². The Morgan fingerprint density at radius 2 is 2.08 bits per heavy atom. The van der Waals surface area contributed by atoms with Crippen LogP contribution in [0.25, 0.3) is 21.7 Å². The molecule has 0 radical (unpaired) electrons. The van der Waals surface area contributed by atoms with E-state index in [0.717, 1.165) is 16.1 Å². The lowest BCUT2D eigenvalue weighted by molar-refractivity contribution is 0.575. The lowest BCUT2D eigenvalue weighted by Gasteiger charge is -2.10. The van der Waals surface area contributed by atoms with E-state index in [-0.39, 0.29) is 5.56 Å². The highest BCUT2D eigenvalue weighted by Crippen LogP contribution is 2.26. The Labute approximate surface area is 152 Å². The summed E-state index contributed by atoms with van der Waals surface area (Å²) in [5, 5.41) is 3.34. The van der Waals surface area contributed by atoms with Crippen molar-refractivity contribution in [2.75, 3.05) is 0 Å². The molecule has 0 spiro atoms. The SMILES string of the molecule is CCn1c(SCc2coc(-c3cccs3)n2)nc2ccccc2c1=O. The fourth-order valence-corrected chi connectivity index (χ4v) is 4.16. The smallest absolute Gasteiger partial charge is 0.262 e. The van der Waals surface area contributed by atoms with Gasteiger partial charge in [-0.3, -0.25) is 9.36 Å². The number of rotatable bonds is 5. The molecule has 126 valence electrons. The molecule has 0 aliphatic carbocycles. The first kappa shape index (κ1) is 16.1. The average Bonchev–Trinajstić information content (AvgIpc) is 3.31. The number of nitrogens with zero attached hydrogens (tertiary/aromatic N) is 3. The molecule has 4 aromatic rings. The molecule has 0 saturated carbocycles. The third-order valence-electron chi connectivity index (χ3n) is 3.78. The van der Waals surface area contributed by atoms with Crippen molar-refractivity contribution in [2.45, 2.75) is 24.4 Å². The van der Waals surface area contributed by atoms with E-state index < -0.39 is 0 Å². The second-order valence-corrected chi connectivity index (χ2v) is 7.26. The molecule has 0 amide bonds. The van der Waals surface area contributed by atoms with E-state index in [9.17, 15) is 4.79 Å². The first-order valence-corrected chi connectivity index (χ1v) is 9.73. The highest BCUT2D eigenvalue weighted by molar-refractivity contribution is 7.98. The monoisotopic (exact) mass is 369 g/mol. The van der Waals surface area contributed by atoms with Gasteiger partial charge in [-0.05, 0) is 30.5 Å². The van der Waals surface area contributed by atoms with Crippen LogP contribution in [0.5, 0.6) is 0 Å². The Balaban J connectivity index is 1.62. The van der Waals surface area contributed by atoms with Crippen LogP contribution in [-0.4, -0.2) is 14.5 Å². The van der Waals surface area contributed by atoms with E-state index >= 15 is 0 Å². The van der Waals surface area contributed by atoms with Gasteiger partial charge in [-0.15, -0.1) is 11.3 Å². The third kappa shape index (κ3) is 3.12. The number of hydrogen-bond donors (Lipinski definition) is 0. The summed E-state index contributed by atoms with van der Waals surface area (Å²) in [6, 6.07) is 11.4. The van der Waals surface area contributed by atoms with Crippen LogP contribution in [-0.2, 0) is 12.3 Å². The summed E-state index contributed by atoms with van der Waals surface area (Å²) >= 11 is 3.09. The number of thioether (sulfide) groups is 1. The molecule has 3 heterocycles. The first-order chi connectivity index (χ1) is 12.3. The number of oxazole rings is 1. The largest absolute Gasteiger partial charge is 0.444 e. The Morgan fingerprint density at radius 1 is 1.20 bits per heavy atom. The van der Waals surface area contributed by atoms with Gasteiger partial charge in [-0.2, -0.15) is 0 Å². The Bertz CT molecular complexity index is 1070. The van der Waals surface area contributed by atoms with Gasteiger partial charge in [0.25, 0.3) is 5.56 Å². The maximum absolute atomic E-state index is 12.6. The summed E-state index contributed by atoms with van der Waals surface area (Å²) in [5.74, 6) is 1.23. The molecule has 3 aromatic heterocycles. The molecule has 7 heteroatoms. The van der Waals surface area contributed by atoms with Gasteiger partial charge in [-0.1, -0.05) is 30.0 Å². The van der Waals surface area contributed by atoms with Crippen LogP contribution in [0.2, 0.25) is 0 Å². The zero-order chi connectivity index (χ0) is 17.2. The van der Waals surface area contributed by atoms with E-state index in [1.807, 2.05) is 48.7 Å². The summed E-state index contributed by atoms with van der Waals surface area (Å²) in [4.78, 5) is 22.8. The molecule has 0 N–H and O–H groups in total. The third-order valence-corrected chi connectivity index (χ3v) is 5.64. The Hall–Kier alpha value is -2.38. The number of para-hydroxylation sites is 1. The average molecular weight is 369 g/mol. The van der Waals surface area contributed by atoms with Crippen LogP contribution < -0.4 is 5.56 Å². The Kier molecular flexibility index (Phi) is 4.42. The molecule has 25 heavy (non-hydrogen) atoms. The summed E-state index contributed by atoms with van der Waals surface area (Å²) in [7, 11) is 0. The number of benzene rings is 1. The van der Waals surface area contributed by atoms with Crippen molar-refractivity contribution in [3.05, 3.63) is 64.1 Å². The molecule has 4 rings (SSSR count). The van der Waals surface area contributed by atoms with Crippen LogP contribution in [0, 0.1) is 0 Å². The Morgan fingerprint density at radius 3 is 2.88 bits per heavy atom. The summed E-state index contributed by atoms with van der Waals surface area (Å²) < 4.78 is 7.25. The second kappa shape index (κ2) is 6.85. The van der Waals surface area contributed by atoms with Crippen LogP contribution in [0.1, 0.15) is 12.6 Å².